The van der Waals surface area contributed by atoms with Gasteiger partial charge in [0.1, 0.15) is 5.75 Å². The van der Waals surface area contributed by atoms with Crippen molar-refractivity contribution in [3.8, 4) is 5.75 Å². The Kier molecular flexibility index (Phi) is 4.16. The Bertz CT molecular complexity index is 614. The van der Waals surface area contributed by atoms with Gasteiger partial charge < -0.3 is 10.1 Å². The van der Waals surface area contributed by atoms with Crippen molar-refractivity contribution in [2.75, 3.05) is 12.4 Å². The maximum absolute atomic E-state index is 12.2. The predicted molar refractivity (Wildman–Crippen MR) is 77.6 cm³/mol. The quantitative estimate of drug-likeness (QED) is 0.942. The van der Waals surface area contributed by atoms with Crippen molar-refractivity contribution in [3.05, 3.63) is 52.3 Å². The summed E-state index contributed by atoms with van der Waals surface area (Å²) in [6, 6.07) is 7.26. The molecule has 1 heterocycles. The number of ether oxygens (including phenoxy) is 1. The third-order valence-electron chi connectivity index (χ3n) is 2.56. The lowest BCUT2D eigenvalue weighted by molar-refractivity contribution is 0.102. The number of aryl methyl sites for hydroxylation is 1. The average molecular weight is 321 g/mol. The minimum atomic E-state index is -0.222. The fourth-order valence-corrected chi connectivity index (χ4v) is 2.04. The van der Waals surface area contributed by atoms with Crippen LogP contribution in [-0.4, -0.2) is 18.0 Å². The van der Waals surface area contributed by atoms with Crippen LogP contribution >= 0.6 is 15.9 Å². The molecule has 0 spiro atoms. The zero-order valence-electron chi connectivity index (χ0n) is 10.6. The smallest absolute Gasteiger partial charge is 0.259 e. The molecule has 0 aliphatic rings. The van der Waals surface area contributed by atoms with E-state index in [1.807, 2.05) is 13.0 Å². The number of carbonyl (C=O) groups excluding carboxylic acids is 1. The highest BCUT2D eigenvalue weighted by Crippen LogP contribution is 2.21. The van der Waals surface area contributed by atoms with E-state index in [2.05, 4.69) is 26.2 Å². The van der Waals surface area contributed by atoms with Gasteiger partial charge in [-0.15, -0.1) is 0 Å². The number of hydrogen-bond acceptors (Lipinski definition) is 3. The number of aromatic nitrogens is 1. The first-order valence-electron chi connectivity index (χ1n) is 5.66. The van der Waals surface area contributed by atoms with E-state index in [9.17, 15) is 4.79 Å². The second-order valence-electron chi connectivity index (χ2n) is 4.05. The van der Waals surface area contributed by atoms with Gasteiger partial charge in [-0.1, -0.05) is 11.6 Å². The standard InChI is InChI=1S/C14H13BrN2O2/c1-9-3-4-13(19-2)12(5-9)14(18)17-11-6-10(15)7-16-8-11/h3-8H,1-2H3,(H,17,18). The van der Waals surface area contributed by atoms with Crippen molar-refractivity contribution >= 4 is 27.5 Å². The molecule has 19 heavy (non-hydrogen) atoms. The number of anilines is 1. The minimum absolute atomic E-state index is 0.222. The van der Waals surface area contributed by atoms with E-state index in [1.165, 1.54) is 0 Å². The Labute approximate surface area is 119 Å². The van der Waals surface area contributed by atoms with Crippen LogP contribution < -0.4 is 10.1 Å². The summed E-state index contributed by atoms with van der Waals surface area (Å²) in [7, 11) is 1.54. The van der Waals surface area contributed by atoms with E-state index in [-0.39, 0.29) is 5.91 Å². The number of pyridine rings is 1. The summed E-state index contributed by atoms with van der Waals surface area (Å²) in [4.78, 5) is 16.2. The van der Waals surface area contributed by atoms with Gasteiger partial charge in [0, 0.05) is 10.7 Å². The number of nitrogens with one attached hydrogen (secondary N) is 1. The lowest BCUT2D eigenvalue weighted by Crippen LogP contribution is -2.13. The van der Waals surface area contributed by atoms with Crippen LogP contribution in [0.15, 0.2) is 41.1 Å². The Balaban J connectivity index is 2.27. The molecular weight excluding hydrogens is 308 g/mol. The van der Waals surface area contributed by atoms with E-state index in [1.54, 1.807) is 37.7 Å². The van der Waals surface area contributed by atoms with Gasteiger partial charge in [-0.05, 0) is 41.1 Å². The molecule has 1 amide bonds. The van der Waals surface area contributed by atoms with Crippen LogP contribution in [0.3, 0.4) is 0 Å². The fourth-order valence-electron chi connectivity index (χ4n) is 1.68. The SMILES string of the molecule is COc1ccc(C)cc1C(=O)Nc1cncc(Br)c1. The molecule has 0 unspecified atom stereocenters. The monoisotopic (exact) mass is 320 g/mol. The molecule has 0 saturated heterocycles. The molecule has 2 aromatic rings. The van der Waals surface area contributed by atoms with Crippen molar-refractivity contribution in [1.82, 2.24) is 4.98 Å². The topological polar surface area (TPSA) is 51.2 Å². The number of halogens is 1. The number of rotatable bonds is 3. The van der Waals surface area contributed by atoms with Crippen LogP contribution in [0.1, 0.15) is 15.9 Å². The molecule has 1 N–H and O–H groups in total. The van der Waals surface area contributed by atoms with E-state index in [0.29, 0.717) is 17.0 Å². The largest absolute Gasteiger partial charge is 0.496 e. The molecule has 98 valence electrons. The molecule has 0 aliphatic heterocycles. The second-order valence-corrected chi connectivity index (χ2v) is 4.97. The zero-order valence-corrected chi connectivity index (χ0v) is 12.2. The Morgan fingerprint density at radius 2 is 2.11 bits per heavy atom. The normalized spacial score (nSPS) is 10.1. The van der Waals surface area contributed by atoms with Gasteiger partial charge in [0.2, 0.25) is 0 Å². The Morgan fingerprint density at radius 1 is 1.32 bits per heavy atom. The highest BCUT2D eigenvalue weighted by molar-refractivity contribution is 9.10. The number of nitrogens with zero attached hydrogens (tertiary/aromatic N) is 1. The summed E-state index contributed by atoms with van der Waals surface area (Å²) in [6.07, 6.45) is 3.24. The molecule has 0 fully saturated rings. The molecule has 0 aliphatic carbocycles. The van der Waals surface area contributed by atoms with Gasteiger partial charge in [-0.25, -0.2) is 0 Å². The molecule has 2 rings (SSSR count). The van der Waals surface area contributed by atoms with Crippen molar-refractivity contribution in [3.63, 3.8) is 0 Å². The second kappa shape index (κ2) is 5.84. The maximum Gasteiger partial charge on any atom is 0.259 e. The van der Waals surface area contributed by atoms with E-state index in [0.717, 1.165) is 10.0 Å². The summed E-state index contributed by atoms with van der Waals surface area (Å²) >= 11 is 3.31. The fraction of sp³-hybridized carbons (Fsp3) is 0.143. The van der Waals surface area contributed by atoms with Crippen molar-refractivity contribution in [1.29, 1.82) is 0 Å². The third kappa shape index (κ3) is 3.32. The summed E-state index contributed by atoms with van der Waals surface area (Å²) in [6.45, 7) is 1.93. The summed E-state index contributed by atoms with van der Waals surface area (Å²) < 4.78 is 6.00. The van der Waals surface area contributed by atoms with Crippen LogP contribution in [0.2, 0.25) is 0 Å². The van der Waals surface area contributed by atoms with Gasteiger partial charge in [0.15, 0.2) is 0 Å². The molecular formula is C14H13BrN2O2. The summed E-state index contributed by atoms with van der Waals surface area (Å²) in [5, 5.41) is 2.79. The van der Waals surface area contributed by atoms with Crippen LogP contribution in [0, 0.1) is 6.92 Å². The molecule has 1 aromatic heterocycles. The first-order valence-corrected chi connectivity index (χ1v) is 6.46. The number of hydrogen-bond donors (Lipinski definition) is 1. The van der Waals surface area contributed by atoms with E-state index in [4.69, 9.17) is 4.74 Å². The Morgan fingerprint density at radius 3 is 2.79 bits per heavy atom. The van der Waals surface area contributed by atoms with E-state index >= 15 is 0 Å². The molecule has 4 nitrogen and oxygen atoms in total. The number of amides is 1. The first-order chi connectivity index (χ1) is 9.10. The zero-order chi connectivity index (χ0) is 13.8. The predicted octanol–water partition coefficient (Wildman–Crippen LogP) is 3.41. The minimum Gasteiger partial charge on any atom is -0.496 e. The highest BCUT2D eigenvalue weighted by Gasteiger charge is 2.12. The van der Waals surface area contributed by atoms with Gasteiger partial charge in [-0.3, -0.25) is 9.78 Å². The lowest BCUT2D eigenvalue weighted by Gasteiger charge is -2.10. The molecule has 0 bridgehead atoms. The van der Waals surface area contributed by atoms with Crippen LogP contribution in [0.4, 0.5) is 5.69 Å². The van der Waals surface area contributed by atoms with Gasteiger partial charge >= 0.3 is 0 Å². The van der Waals surface area contributed by atoms with Gasteiger partial charge in [0.25, 0.3) is 5.91 Å². The Hall–Kier alpha value is -1.88. The number of carbonyl (C=O) groups is 1. The average Bonchev–Trinajstić information content (AvgIpc) is 2.38. The van der Waals surface area contributed by atoms with E-state index < -0.39 is 0 Å². The van der Waals surface area contributed by atoms with Gasteiger partial charge in [-0.2, -0.15) is 0 Å². The molecule has 0 radical (unpaired) electrons. The molecule has 0 saturated carbocycles. The van der Waals surface area contributed by atoms with Crippen molar-refractivity contribution < 1.29 is 9.53 Å². The van der Waals surface area contributed by atoms with Crippen LogP contribution in [-0.2, 0) is 0 Å². The van der Waals surface area contributed by atoms with Crippen LogP contribution in [0.5, 0.6) is 5.75 Å². The van der Waals surface area contributed by atoms with Crippen molar-refractivity contribution in [2.45, 2.75) is 6.92 Å². The number of methoxy groups -OCH3 is 1. The van der Waals surface area contributed by atoms with Gasteiger partial charge in [0.05, 0.1) is 24.6 Å². The van der Waals surface area contributed by atoms with Crippen LogP contribution in [0.25, 0.3) is 0 Å². The molecule has 0 atom stereocenters. The third-order valence-corrected chi connectivity index (χ3v) is 3.00. The highest BCUT2D eigenvalue weighted by atomic mass is 79.9. The lowest BCUT2D eigenvalue weighted by atomic mass is 10.1. The molecule has 5 heteroatoms. The number of benzene rings is 1. The first kappa shape index (κ1) is 13.5. The molecule has 1 aromatic carbocycles. The summed E-state index contributed by atoms with van der Waals surface area (Å²) in [5.41, 5.74) is 2.13. The maximum atomic E-state index is 12.2. The summed E-state index contributed by atoms with van der Waals surface area (Å²) in [5.74, 6) is 0.325. The van der Waals surface area contributed by atoms with Crippen molar-refractivity contribution in [2.24, 2.45) is 0 Å².